The van der Waals surface area contributed by atoms with Gasteiger partial charge in [0.1, 0.15) is 0 Å². The Morgan fingerprint density at radius 3 is 1.50 bits per heavy atom. The number of thiophene rings is 1. The molecular formula is C62H41NS. The zero-order chi connectivity index (χ0) is 42.4. The van der Waals surface area contributed by atoms with Gasteiger partial charge in [-0.1, -0.05) is 200 Å². The Morgan fingerprint density at radius 2 is 0.781 bits per heavy atom. The molecule has 12 aromatic rings. The van der Waals surface area contributed by atoms with E-state index in [1.165, 1.54) is 97.4 Å². The van der Waals surface area contributed by atoms with Crippen molar-refractivity contribution >= 4 is 70.1 Å². The number of hydrogen-bond acceptors (Lipinski definition) is 2. The first-order chi connectivity index (χ1) is 31.7. The topological polar surface area (TPSA) is 3.24 Å². The normalized spacial score (nSPS) is 11.4. The second kappa shape index (κ2) is 16.0. The average molecular weight is 832 g/mol. The molecule has 1 aromatic heterocycles. The van der Waals surface area contributed by atoms with Crippen molar-refractivity contribution in [1.82, 2.24) is 0 Å². The summed E-state index contributed by atoms with van der Waals surface area (Å²) in [6, 6.07) is 90.8. The summed E-state index contributed by atoms with van der Waals surface area (Å²) < 4.78 is 2.57. The van der Waals surface area contributed by atoms with Crippen molar-refractivity contribution in [2.45, 2.75) is 0 Å². The zero-order valence-electron chi connectivity index (χ0n) is 35.0. The van der Waals surface area contributed by atoms with Gasteiger partial charge in [-0.3, -0.25) is 0 Å². The first-order valence-corrected chi connectivity index (χ1v) is 22.7. The molecular weight excluding hydrogens is 791 g/mol. The summed E-state index contributed by atoms with van der Waals surface area (Å²) in [4.78, 5) is 2.44. The third-order valence-corrected chi connectivity index (χ3v) is 13.9. The van der Waals surface area contributed by atoms with Crippen LogP contribution >= 0.6 is 11.3 Å². The summed E-state index contributed by atoms with van der Waals surface area (Å²) in [6.45, 7) is 0. The molecule has 0 bridgehead atoms. The minimum atomic E-state index is 1.10. The van der Waals surface area contributed by atoms with Gasteiger partial charge in [0.25, 0.3) is 0 Å². The molecule has 0 aliphatic rings. The van der Waals surface area contributed by atoms with Crippen LogP contribution < -0.4 is 4.90 Å². The van der Waals surface area contributed by atoms with Gasteiger partial charge in [-0.2, -0.15) is 0 Å². The number of rotatable bonds is 8. The fourth-order valence-electron chi connectivity index (χ4n) is 9.64. The van der Waals surface area contributed by atoms with E-state index in [1.54, 1.807) is 0 Å². The van der Waals surface area contributed by atoms with E-state index >= 15 is 0 Å². The molecule has 0 fully saturated rings. The number of benzene rings is 11. The number of nitrogens with zero attached hydrogens (tertiary/aromatic N) is 1. The van der Waals surface area contributed by atoms with E-state index < -0.39 is 0 Å². The SMILES string of the molecule is c1ccc(-c2ccccc2-c2ccc(N(c3ccc(-c4cccc(-c5cc6ccccc6c6ccccc56)c4)cc3)c3cccc4sc5c(-c6ccccc6)cccc5c34)cc2)cc1. The number of anilines is 3. The van der Waals surface area contributed by atoms with Gasteiger partial charge in [-0.25, -0.2) is 0 Å². The van der Waals surface area contributed by atoms with Crippen LogP contribution in [0.15, 0.2) is 249 Å². The van der Waals surface area contributed by atoms with Crippen molar-refractivity contribution in [3.05, 3.63) is 249 Å². The summed E-state index contributed by atoms with van der Waals surface area (Å²) in [5, 5.41) is 7.62. The first kappa shape index (κ1) is 37.7. The van der Waals surface area contributed by atoms with Crippen molar-refractivity contribution in [3.63, 3.8) is 0 Å². The molecule has 1 heterocycles. The van der Waals surface area contributed by atoms with Gasteiger partial charge in [-0.15, -0.1) is 11.3 Å². The quantitative estimate of drug-likeness (QED) is 0.138. The molecule has 0 atom stereocenters. The first-order valence-electron chi connectivity index (χ1n) is 21.9. The average Bonchev–Trinajstić information content (AvgIpc) is 3.77. The minimum Gasteiger partial charge on any atom is -0.310 e. The van der Waals surface area contributed by atoms with Crippen LogP contribution in [-0.4, -0.2) is 0 Å². The van der Waals surface area contributed by atoms with Crippen LogP contribution in [-0.2, 0) is 0 Å². The molecule has 0 spiro atoms. The van der Waals surface area contributed by atoms with E-state index in [9.17, 15) is 0 Å². The summed E-state index contributed by atoms with van der Waals surface area (Å²) in [6.07, 6.45) is 0. The van der Waals surface area contributed by atoms with Gasteiger partial charge in [0, 0.05) is 31.5 Å². The smallest absolute Gasteiger partial charge is 0.0554 e. The largest absolute Gasteiger partial charge is 0.310 e. The highest BCUT2D eigenvalue weighted by Gasteiger charge is 2.21. The molecule has 0 radical (unpaired) electrons. The molecule has 0 N–H and O–H groups in total. The van der Waals surface area contributed by atoms with E-state index in [0.717, 1.165) is 17.1 Å². The summed E-state index contributed by atoms with van der Waals surface area (Å²) >= 11 is 1.88. The van der Waals surface area contributed by atoms with Crippen LogP contribution in [0, 0.1) is 0 Å². The summed E-state index contributed by atoms with van der Waals surface area (Å²) in [5.41, 5.74) is 15.5. The van der Waals surface area contributed by atoms with Gasteiger partial charge in [0.15, 0.2) is 0 Å². The van der Waals surface area contributed by atoms with Crippen LogP contribution in [0.4, 0.5) is 17.1 Å². The lowest BCUT2D eigenvalue weighted by Crippen LogP contribution is -2.10. The monoisotopic (exact) mass is 831 g/mol. The Kier molecular flexibility index (Phi) is 9.43. The van der Waals surface area contributed by atoms with Crippen LogP contribution in [0.1, 0.15) is 0 Å². The minimum absolute atomic E-state index is 1.10. The molecule has 0 aliphatic carbocycles. The fourth-order valence-corrected chi connectivity index (χ4v) is 10.9. The molecule has 300 valence electrons. The van der Waals surface area contributed by atoms with E-state index in [-0.39, 0.29) is 0 Å². The lowest BCUT2D eigenvalue weighted by molar-refractivity contribution is 1.30. The predicted octanol–water partition coefficient (Wildman–Crippen LogP) is 18.2. The van der Waals surface area contributed by atoms with Crippen LogP contribution in [0.2, 0.25) is 0 Å². The Bertz CT molecular complexity index is 3640. The maximum Gasteiger partial charge on any atom is 0.0554 e. The molecule has 2 heteroatoms. The molecule has 0 aliphatic heterocycles. The van der Waals surface area contributed by atoms with E-state index in [1.807, 2.05) is 11.3 Å². The summed E-state index contributed by atoms with van der Waals surface area (Å²) in [5.74, 6) is 0. The van der Waals surface area contributed by atoms with Gasteiger partial charge in [-0.05, 0) is 126 Å². The molecule has 1 nitrogen and oxygen atoms in total. The summed E-state index contributed by atoms with van der Waals surface area (Å²) in [7, 11) is 0. The Labute approximate surface area is 377 Å². The van der Waals surface area contributed by atoms with Crippen molar-refractivity contribution in [2.75, 3.05) is 4.90 Å². The maximum absolute atomic E-state index is 2.44. The zero-order valence-corrected chi connectivity index (χ0v) is 35.8. The van der Waals surface area contributed by atoms with Crippen molar-refractivity contribution in [1.29, 1.82) is 0 Å². The lowest BCUT2D eigenvalue weighted by Gasteiger charge is -2.27. The van der Waals surface area contributed by atoms with Gasteiger partial charge in [0.05, 0.1) is 5.69 Å². The number of fused-ring (bicyclic) bond motifs is 6. The maximum atomic E-state index is 2.44. The van der Waals surface area contributed by atoms with E-state index in [0.29, 0.717) is 0 Å². The Hall–Kier alpha value is -8.04. The highest BCUT2D eigenvalue weighted by atomic mass is 32.1. The third-order valence-electron chi connectivity index (χ3n) is 12.7. The van der Waals surface area contributed by atoms with Gasteiger partial charge >= 0.3 is 0 Å². The number of hydrogen-bond donors (Lipinski definition) is 0. The molecule has 12 rings (SSSR count). The van der Waals surface area contributed by atoms with Crippen LogP contribution in [0.25, 0.3) is 97.4 Å². The molecule has 0 saturated carbocycles. The molecule has 0 amide bonds. The van der Waals surface area contributed by atoms with E-state index in [2.05, 4.69) is 254 Å². The van der Waals surface area contributed by atoms with Crippen LogP contribution in [0.5, 0.6) is 0 Å². The molecule has 0 unspecified atom stereocenters. The molecule has 0 saturated heterocycles. The standard InChI is InChI=1S/C62H41NS/c1-3-16-43(17-4-1)51-23-9-10-24-52(51)45-34-38-50(39-35-45)63(59-30-15-31-60-61(59)57-29-14-28-54(62(57)64-60)44-18-5-2-6-19-44)49-36-32-42(33-37-49)46-21-13-22-47(40-46)58-41-48-20-7-8-25-53(48)55-26-11-12-27-56(55)58/h1-41H. The second-order valence-corrected chi connectivity index (χ2v) is 17.5. The van der Waals surface area contributed by atoms with Crippen molar-refractivity contribution < 1.29 is 0 Å². The molecule has 11 aromatic carbocycles. The Morgan fingerprint density at radius 1 is 0.281 bits per heavy atom. The second-order valence-electron chi connectivity index (χ2n) is 16.4. The highest BCUT2D eigenvalue weighted by molar-refractivity contribution is 7.26. The van der Waals surface area contributed by atoms with E-state index in [4.69, 9.17) is 0 Å². The third kappa shape index (κ3) is 6.64. The predicted molar refractivity (Wildman–Crippen MR) is 276 cm³/mol. The van der Waals surface area contributed by atoms with Crippen molar-refractivity contribution in [3.8, 4) is 55.6 Å². The highest BCUT2D eigenvalue weighted by Crippen LogP contribution is 2.48. The van der Waals surface area contributed by atoms with Gasteiger partial charge < -0.3 is 4.90 Å². The Balaban J connectivity index is 0.984. The fraction of sp³-hybridized carbons (Fsp3) is 0. The molecule has 64 heavy (non-hydrogen) atoms. The van der Waals surface area contributed by atoms with Crippen molar-refractivity contribution in [2.24, 2.45) is 0 Å². The van der Waals surface area contributed by atoms with Gasteiger partial charge in [0.2, 0.25) is 0 Å². The lowest BCUT2D eigenvalue weighted by atomic mass is 9.92. The van der Waals surface area contributed by atoms with Crippen LogP contribution in [0.3, 0.4) is 0 Å².